The molecule has 0 saturated heterocycles. The first-order chi connectivity index (χ1) is 4.34. The molecule has 2 heteroatoms. The summed E-state index contributed by atoms with van der Waals surface area (Å²) in [5, 5.41) is 0. The van der Waals surface area contributed by atoms with E-state index in [1.807, 2.05) is 12.3 Å². The van der Waals surface area contributed by atoms with Crippen molar-refractivity contribution in [1.29, 1.82) is 0 Å². The molecule has 1 aromatic rings. The van der Waals surface area contributed by atoms with Crippen LogP contribution in [0.25, 0.3) is 0 Å². The first-order valence-electron chi connectivity index (χ1n) is 2.80. The summed E-state index contributed by atoms with van der Waals surface area (Å²) in [6.45, 7) is 2.12. The molecule has 0 N–H and O–H groups in total. The van der Waals surface area contributed by atoms with E-state index in [1.54, 1.807) is 0 Å². The zero-order chi connectivity index (χ0) is 6.69. The fourth-order valence-corrected chi connectivity index (χ4v) is 2.27. The molecule has 0 fully saturated rings. The number of pyridine rings is 1. The van der Waals surface area contributed by atoms with Gasteiger partial charge in [0.2, 0.25) is 0 Å². The van der Waals surface area contributed by atoms with Gasteiger partial charge in [-0.15, -0.1) is 0 Å². The molecule has 1 aromatic heterocycles. The Morgan fingerprint density at radius 2 is 2.33 bits per heavy atom. The van der Waals surface area contributed by atoms with Gasteiger partial charge in [-0.1, -0.05) is 0 Å². The number of aromatic nitrogens is 1. The average molecular weight is 235 g/mol. The van der Waals surface area contributed by atoms with Gasteiger partial charge in [0.15, 0.2) is 0 Å². The van der Waals surface area contributed by atoms with Crippen molar-refractivity contribution in [3.63, 3.8) is 0 Å². The number of hydrogen-bond acceptors (Lipinski definition) is 1. The van der Waals surface area contributed by atoms with Gasteiger partial charge in [-0.3, -0.25) is 0 Å². The predicted octanol–water partition coefficient (Wildman–Crippen LogP) is 0.768. The van der Waals surface area contributed by atoms with E-state index in [0.717, 1.165) is 0 Å². The Bertz CT molecular complexity index is 198. The van der Waals surface area contributed by atoms with Crippen molar-refractivity contribution in [1.82, 2.24) is 4.98 Å². The number of rotatable bonds is 1. The van der Waals surface area contributed by atoms with Crippen LogP contribution in [0.2, 0.25) is 4.97 Å². The Kier molecular flexibility index (Phi) is 2.50. The molecule has 0 radical (unpaired) electrons. The van der Waals surface area contributed by atoms with Gasteiger partial charge < -0.3 is 0 Å². The number of aryl methyl sites for hydroxylation is 1. The van der Waals surface area contributed by atoms with Gasteiger partial charge in [-0.2, -0.15) is 0 Å². The van der Waals surface area contributed by atoms with Crippen molar-refractivity contribution < 1.29 is 0 Å². The van der Waals surface area contributed by atoms with Gasteiger partial charge in [0, 0.05) is 0 Å². The van der Waals surface area contributed by atoms with E-state index in [4.69, 9.17) is 0 Å². The van der Waals surface area contributed by atoms with Crippen molar-refractivity contribution in [2.45, 2.75) is 11.9 Å². The Hall–Kier alpha value is -0.0604. The maximum atomic E-state index is 4.25. The zero-order valence-corrected chi connectivity index (χ0v) is 7.92. The third-order valence-electron chi connectivity index (χ3n) is 1.15. The molecule has 9 heavy (non-hydrogen) atoms. The van der Waals surface area contributed by atoms with Gasteiger partial charge >= 0.3 is 65.4 Å². The fraction of sp³-hybridized carbons (Fsp3) is 0.286. The fourth-order valence-electron chi connectivity index (χ4n) is 0.685. The standard InChI is InChI=1S/C7H9NTe/c1-6-4-3-5-8-7(6)9-2/h3-5H,1-2H3. The second-order valence-electron chi connectivity index (χ2n) is 1.83. The summed E-state index contributed by atoms with van der Waals surface area (Å²) < 4.78 is 1.34. The van der Waals surface area contributed by atoms with Gasteiger partial charge in [-0.05, 0) is 0 Å². The molecule has 0 spiro atoms. The van der Waals surface area contributed by atoms with Crippen LogP contribution in [-0.4, -0.2) is 25.9 Å². The molecule has 0 atom stereocenters. The van der Waals surface area contributed by atoms with Crippen molar-refractivity contribution in [2.75, 3.05) is 0 Å². The van der Waals surface area contributed by atoms with E-state index < -0.39 is 0 Å². The summed E-state index contributed by atoms with van der Waals surface area (Å²) in [6, 6.07) is 4.11. The molecule has 0 aliphatic carbocycles. The molecule has 0 unspecified atom stereocenters. The van der Waals surface area contributed by atoms with Crippen molar-refractivity contribution >= 4 is 24.7 Å². The van der Waals surface area contributed by atoms with Crippen LogP contribution in [0, 0.1) is 6.92 Å². The van der Waals surface area contributed by atoms with E-state index in [1.165, 1.54) is 9.31 Å². The molecule has 0 aliphatic rings. The molecule has 1 nitrogen and oxygen atoms in total. The topological polar surface area (TPSA) is 12.9 Å². The van der Waals surface area contributed by atoms with Crippen molar-refractivity contribution in [2.24, 2.45) is 0 Å². The summed E-state index contributed by atoms with van der Waals surface area (Å²) in [6.07, 6.45) is 1.87. The van der Waals surface area contributed by atoms with E-state index in [9.17, 15) is 0 Å². The van der Waals surface area contributed by atoms with Crippen LogP contribution >= 0.6 is 0 Å². The minimum atomic E-state index is 0.0205. The van der Waals surface area contributed by atoms with Crippen LogP contribution in [-0.2, 0) is 0 Å². The van der Waals surface area contributed by atoms with E-state index in [0.29, 0.717) is 0 Å². The van der Waals surface area contributed by atoms with E-state index in [-0.39, 0.29) is 20.9 Å². The molecule has 0 aromatic carbocycles. The summed E-state index contributed by atoms with van der Waals surface area (Å²) in [7, 11) is 0. The van der Waals surface area contributed by atoms with Crippen LogP contribution in [0.5, 0.6) is 0 Å². The average Bonchev–Trinajstić information content (AvgIpc) is 1.89. The van der Waals surface area contributed by atoms with Crippen LogP contribution < -0.4 is 3.74 Å². The van der Waals surface area contributed by atoms with Crippen LogP contribution in [0.3, 0.4) is 0 Å². The SMILES string of the molecule is C[Te]c1ncccc1C. The number of nitrogens with zero attached hydrogens (tertiary/aromatic N) is 1. The van der Waals surface area contributed by atoms with E-state index >= 15 is 0 Å². The third kappa shape index (κ3) is 1.67. The zero-order valence-electron chi connectivity index (χ0n) is 5.59. The molecule has 0 amide bonds. The molecule has 0 aliphatic heterocycles. The van der Waals surface area contributed by atoms with Gasteiger partial charge in [0.25, 0.3) is 0 Å². The summed E-state index contributed by atoms with van der Waals surface area (Å²) in [5.41, 5.74) is 1.35. The van der Waals surface area contributed by atoms with Crippen LogP contribution in [0.15, 0.2) is 18.3 Å². The molecular formula is C7H9NTe. The summed E-state index contributed by atoms with van der Waals surface area (Å²) >= 11 is 0.0205. The van der Waals surface area contributed by atoms with E-state index in [2.05, 4.69) is 22.9 Å². The molecule has 1 rings (SSSR count). The molecular weight excluding hydrogens is 226 g/mol. The number of hydrogen-bond donors (Lipinski definition) is 0. The minimum absolute atomic E-state index is 0.0205. The first kappa shape index (κ1) is 7.05. The van der Waals surface area contributed by atoms with Gasteiger partial charge in [0.05, 0.1) is 0 Å². The summed E-state index contributed by atoms with van der Waals surface area (Å²) in [4.78, 5) is 6.50. The van der Waals surface area contributed by atoms with Crippen LogP contribution in [0.1, 0.15) is 5.56 Å². The molecule has 0 saturated carbocycles. The Morgan fingerprint density at radius 1 is 1.56 bits per heavy atom. The maximum absolute atomic E-state index is 4.25. The molecule has 0 bridgehead atoms. The van der Waals surface area contributed by atoms with Gasteiger partial charge in [-0.25, -0.2) is 0 Å². The monoisotopic (exact) mass is 237 g/mol. The Morgan fingerprint density at radius 3 is 2.78 bits per heavy atom. The second kappa shape index (κ2) is 3.19. The Labute approximate surface area is 65.6 Å². The third-order valence-corrected chi connectivity index (χ3v) is 3.48. The quantitative estimate of drug-likeness (QED) is 0.655. The predicted molar refractivity (Wildman–Crippen MR) is 40.2 cm³/mol. The van der Waals surface area contributed by atoms with Crippen LogP contribution in [0.4, 0.5) is 0 Å². The normalized spacial score (nSPS) is 9.56. The second-order valence-corrected chi connectivity index (χ2v) is 4.10. The first-order valence-corrected chi connectivity index (χ1v) is 6.30. The summed E-state index contributed by atoms with van der Waals surface area (Å²) in [5.74, 6) is 0. The van der Waals surface area contributed by atoms with Gasteiger partial charge in [0.1, 0.15) is 0 Å². The molecule has 1 heterocycles. The molecule has 48 valence electrons. The Balaban J connectivity index is 3.01. The van der Waals surface area contributed by atoms with Crippen molar-refractivity contribution in [3.8, 4) is 0 Å². The van der Waals surface area contributed by atoms with Crippen molar-refractivity contribution in [3.05, 3.63) is 23.9 Å².